The number of piperidine rings is 1. The molecule has 0 aliphatic carbocycles. The molecule has 0 saturated carbocycles. The van der Waals surface area contributed by atoms with Crippen LogP contribution >= 0.6 is 0 Å². The van der Waals surface area contributed by atoms with Crippen molar-refractivity contribution >= 4 is 0 Å². The first kappa shape index (κ1) is 9.16. The molecule has 1 saturated heterocycles. The van der Waals surface area contributed by atoms with Gasteiger partial charge in [0.05, 0.1) is 6.04 Å². The van der Waals surface area contributed by atoms with Crippen LogP contribution in [-0.4, -0.2) is 29.6 Å². The molecule has 0 spiro atoms. The molecule has 2 aliphatic heterocycles. The van der Waals surface area contributed by atoms with Gasteiger partial charge in [-0.05, 0) is 32.0 Å². The van der Waals surface area contributed by atoms with Crippen LogP contribution in [0.15, 0.2) is 18.5 Å². The number of hydrogen-bond acceptors (Lipinski definition) is 3. The third-order valence-corrected chi connectivity index (χ3v) is 3.40. The molecule has 1 aromatic heterocycles. The number of nitrogens with zero attached hydrogens (tertiary/aromatic N) is 2. The fourth-order valence-corrected chi connectivity index (χ4v) is 2.57. The fourth-order valence-electron chi connectivity index (χ4n) is 2.57. The molecule has 80 valence electrons. The molecule has 1 fully saturated rings. The van der Waals surface area contributed by atoms with E-state index in [1.54, 1.807) is 6.20 Å². The standard InChI is InChI=1S/C12H16N2O/c1-2-6-14(7-3-1)11-9-15-12-4-5-13-8-10(11)12/h4-5,8,11H,1-3,6-7,9H2. The summed E-state index contributed by atoms with van der Waals surface area (Å²) in [6.07, 6.45) is 7.79. The summed E-state index contributed by atoms with van der Waals surface area (Å²) in [5.41, 5.74) is 1.28. The minimum absolute atomic E-state index is 0.453. The lowest BCUT2D eigenvalue weighted by atomic mass is 10.0. The van der Waals surface area contributed by atoms with Crippen molar-refractivity contribution in [1.82, 2.24) is 9.88 Å². The molecule has 0 aromatic carbocycles. The first-order chi connectivity index (χ1) is 7.45. The fraction of sp³-hybridized carbons (Fsp3) is 0.583. The van der Waals surface area contributed by atoms with E-state index in [1.165, 1.54) is 37.9 Å². The summed E-state index contributed by atoms with van der Waals surface area (Å²) in [7, 11) is 0. The van der Waals surface area contributed by atoms with Crippen molar-refractivity contribution in [2.45, 2.75) is 25.3 Å². The molecule has 0 bridgehead atoms. The average molecular weight is 204 g/mol. The number of aromatic nitrogens is 1. The van der Waals surface area contributed by atoms with E-state index in [9.17, 15) is 0 Å². The number of rotatable bonds is 1. The van der Waals surface area contributed by atoms with Crippen molar-refractivity contribution in [3.8, 4) is 5.75 Å². The maximum absolute atomic E-state index is 5.68. The first-order valence-corrected chi connectivity index (χ1v) is 5.76. The number of likely N-dealkylation sites (tertiary alicyclic amines) is 1. The summed E-state index contributed by atoms with van der Waals surface area (Å²) in [6, 6.07) is 2.42. The summed E-state index contributed by atoms with van der Waals surface area (Å²) in [4.78, 5) is 6.73. The van der Waals surface area contributed by atoms with Gasteiger partial charge < -0.3 is 4.74 Å². The molecule has 3 rings (SSSR count). The molecule has 1 atom stereocenters. The number of pyridine rings is 1. The Labute approximate surface area is 90.1 Å². The topological polar surface area (TPSA) is 25.4 Å². The van der Waals surface area contributed by atoms with Gasteiger partial charge in [0.15, 0.2) is 0 Å². The number of fused-ring (bicyclic) bond motifs is 1. The lowest BCUT2D eigenvalue weighted by Gasteiger charge is -2.31. The highest BCUT2D eigenvalue weighted by Gasteiger charge is 2.30. The molecule has 1 unspecified atom stereocenters. The van der Waals surface area contributed by atoms with Gasteiger partial charge >= 0.3 is 0 Å². The lowest BCUT2D eigenvalue weighted by molar-refractivity contribution is 0.138. The van der Waals surface area contributed by atoms with E-state index in [4.69, 9.17) is 4.74 Å². The quantitative estimate of drug-likeness (QED) is 0.699. The van der Waals surface area contributed by atoms with E-state index in [0.717, 1.165) is 12.4 Å². The van der Waals surface area contributed by atoms with Crippen LogP contribution in [0.1, 0.15) is 30.9 Å². The third-order valence-electron chi connectivity index (χ3n) is 3.40. The zero-order valence-electron chi connectivity index (χ0n) is 8.85. The van der Waals surface area contributed by atoms with Gasteiger partial charge in [-0.1, -0.05) is 6.42 Å². The minimum Gasteiger partial charge on any atom is -0.491 e. The van der Waals surface area contributed by atoms with Crippen molar-refractivity contribution in [2.24, 2.45) is 0 Å². The van der Waals surface area contributed by atoms with E-state index in [0.29, 0.717) is 6.04 Å². The molecule has 3 heterocycles. The van der Waals surface area contributed by atoms with Crippen molar-refractivity contribution in [1.29, 1.82) is 0 Å². The van der Waals surface area contributed by atoms with Gasteiger partial charge in [-0.2, -0.15) is 0 Å². The maximum atomic E-state index is 5.68. The van der Waals surface area contributed by atoms with Gasteiger partial charge in [0.2, 0.25) is 0 Å². The van der Waals surface area contributed by atoms with Crippen molar-refractivity contribution in [3.05, 3.63) is 24.0 Å². The maximum Gasteiger partial charge on any atom is 0.127 e. The molecular formula is C12H16N2O. The molecule has 2 aliphatic rings. The Hall–Kier alpha value is -1.09. The first-order valence-electron chi connectivity index (χ1n) is 5.76. The molecule has 3 heteroatoms. The van der Waals surface area contributed by atoms with Crippen LogP contribution in [0.25, 0.3) is 0 Å². The molecule has 1 aromatic rings. The van der Waals surface area contributed by atoms with E-state index < -0.39 is 0 Å². The Morgan fingerprint density at radius 1 is 1.27 bits per heavy atom. The Balaban J connectivity index is 1.83. The van der Waals surface area contributed by atoms with Crippen molar-refractivity contribution in [3.63, 3.8) is 0 Å². The second kappa shape index (κ2) is 3.81. The predicted molar refractivity (Wildman–Crippen MR) is 57.9 cm³/mol. The number of ether oxygens (including phenoxy) is 1. The molecule has 15 heavy (non-hydrogen) atoms. The van der Waals surface area contributed by atoms with Crippen LogP contribution in [0.2, 0.25) is 0 Å². The molecule has 3 nitrogen and oxygen atoms in total. The Bertz CT molecular complexity index is 347. The van der Waals surface area contributed by atoms with Crippen LogP contribution in [0.4, 0.5) is 0 Å². The Kier molecular flexibility index (Phi) is 2.33. The molecule has 0 radical (unpaired) electrons. The van der Waals surface area contributed by atoms with E-state index >= 15 is 0 Å². The summed E-state index contributed by atoms with van der Waals surface area (Å²) >= 11 is 0. The van der Waals surface area contributed by atoms with Gasteiger partial charge in [-0.3, -0.25) is 9.88 Å². The second-order valence-electron chi connectivity index (χ2n) is 4.34. The van der Waals surface area contributed by atoms with Crippen molar-refractivity contribution in [2.75, 3.05) is 19.7 Å². The summed E-state index contributed by atoms with van der Waals surface area (Å²) < 4.78 is 5.68. The highest BCUT2D eigenvalue weighted by atomic mass is 16.5. The largest absolute Gasteiger partial charge is 0.491 e. The van der Waals surface area contributed by atoms with Gasteiger partial charge in [-0.25, -0.2) is 0 Å². The Morgan fingerprint density at radius 2 is 2.13 bits per heavy atom. The average Bonchev–Trinajstić information content (AvgIpc) is 2.74. The van der Waals surface area contributed by atoms with E-state index in [2.05, 4.69) is 9.88 Å². The Morgan fingerprint density at radius 3 is 3.00 bits per heavy atom. The normalized spacial score (nSPS) is 26.0. The highest BCUT2D eigenvalue weighted by molar-refractivity contribution is 5.36. The van der Waals surface area contributed by atoms with Gasteiger partial charge in [-0.15, -0.1) is 0 Å². The van der Waals surface area contributed by atoms with Gasteiger partial charge in [0.25, 0.3) is 0 Å². The monoisotopic (exact) mass is 204 g/mol. The summed E-state index contributed by atoms with van der Waals surface area (Å²) in [5.74, 6) is 1.03. The van der Waals surface area contributed by atoms with Gasteiger partial charge in [0.1, 0.15) is 12.4 Å². The molecule has 0 amide bonds. The van der Waals surface area contributed by atoms with Crippen LogP contribution < -0.4 is 4.74 Å². The van der Waals surface area contributed by atoms with Crippen LogP contribution in [0.5, 0.6) is 5.75 Å². The highest BCUT2D eigenvalue weighted by Crippen LogP contribution is 2.36. The third kappa shape index (κ3) is 1.61. The molecular weight excluding hydrogens is 188 g/mol. The zero-order valence-corrected chi connectivity index (χ0v) is 8.85. The lowest BCUT2D eigenvalue weighted by Crippen LogP contribution is -2.34. The smallest absolute Gasteiger partial charge is 0.127 e. The SMILES string of the molecule is c1cc2c(cn1)C(N1CCCCC1)CO2. The predicted octanol–water partition coefficient (Wildman–Crippen LogP) is 2.00. The van der Waals surface area contributed by atoms with E-state index in [-0.39, 0.29) is 0 Å². The van der Waals surface area contributed by atoms with E-state index in [1.807, 2.05) is 12.3 Å². The van der Waals surface area contributed by atoms with Crippen molar-refractivity contribution < 1.29 is 4.74 Å². The number of hydrogen-bond donors (Lipinski definition) is 0. The summed E-state index contributed by atoms with van der Waals surface area (Å²) in [6.45, 7) is 3.23. The van der Waals surface area contributed by atoms with Crippen LogP contribution in [-0.2, 0) is 0 Å². The molecule has 0 N–H and O–H groups in total. The van der Waals surface area contributed by atoms with Gasteiger partial charge in [0, 0.05) is 18.0 Å². The zero-order chi connectivity index (χ0) is 10.1. The summed E-state index contributed by atoms with van der Waals surface area (Å²) in [5, 5.41) is 0. The van der Waals surface area contributed by atoms with Crippen LogP contribution in [0, 0.1) is 0 Å². The second-order valence-corrected chi connectivity index (χ2v) is 4.34. The minimum atomic E-state index is 0.453. The van der Waals surface area contributed by atoms with Crippen LogP contribution in [0.3, 0.4) is 0 Å².